The van der Waals surface area contributed by atoms with Crippen LogP contribution in [0.2, 0.25) is 0 Å². The molecule has 0 aliphatic carbocycles. The maximum absolute atomic E-state index is 12.8. The molecule has 5 nitrogen and oxygen atoms in total. The summed E-state index contributed by atoms with van der Waals surface area (Å²) >= 11 is 0. The monoisotopic (exact) mass is 388 g/mol. The number of hydrogen-bond acceptors (Lipinski definition) is 4. The van der Waals surface area contributed by atoms with E-state index in [9.17, 15) is 4.79 Å². The molecule has 2 N–H and O–H groups in total. The third-order valence-corrected chi connectivity index (χ3v) is 4.80. The minimum Gasteiger partial charge on any atom is -0.491 e. The van der Waals surface area contributed by atoms with Crippen molar-refractivity contribution in [1.82, 2.24) is 0 Å². The summed E-state index contributed by atoms with van der Waals surface area (Å²) in [5, 5.41) is 6.25. The van der Waals surface area contributed by atoms with E-state index in [1.807, 2.05) is 72.8 Å². The molecule has 1 atom stereocenters. The van der Waals surface area contributed by atoms with Crippen molar-refractivity contribution >= 4 is 23.0 Å². The van der Waals surface area contributed by atoms with Gasteiger partial charge in [-0.25, -0.2) is 0 Å². The van der Waals surface area contributed by atoms with Crippen molar-refractivity contribution in [3.05, 3.63) is 84.4 Å². The summed E-state index contributed by atoms with van der Waals surface area (Å²) in [6.45, 7) is 1.38. The van der Waals surface area contributed by atoms with E-state index in [0.29, 0.717) is 17.9 Å². The number of benzene rings is 3. The summed E-state index contributed by atoms with van der Waals surface area (Å²) in [5.41, 5.74) is 2.98. The number of amides is 1. The molecule has 4 rings (SSSR count). The SMILES string of the molecule is O=C(Nc1ccc(OCC2CCCO2)cc1)c1ccccc1Nc1ccccc1. The predicted octanol–water partition coefficient (Wildman–Crippen LogP) is 5.24. The fraction of sp³-hybridized carbons (Fsp3) is 0.208. The molecule has 3 aromatic carbocycles. The molecule has 1 saturated heterocycles. The first-order chi connectivity index (χ1) is 14.3. The predicted molar refractivity (Wildman–Crippen MR) is 115 cm³/mol. The third-order valence-electron chi connectivity index (χ3n) is 4.80. The highest BCUT2D eigenvalue weighted by molar-refractivity contribution is 6.08. The molecule has 0 spiro atoms. The van der Waals surface area contributed by atoms with Crippen LogP contribution in [-0.4, -0.2) is 25.2 Å². The summed E-state index contributed by atoms with van der Waals surface area (Å²) < 4.78 is 11.3. The average Bonchev–Trinajstić information content (AvgIpc) is 3.28. The Balaban J connectivity index is 1.39. The molecule has 29 heavy (non-hydrogen) atoms. The summed E-state index contributed by atoms with van der Waals surface area (Å²) in [5.74, 6) is 0.599. The van der Waals surface area contributed by atoms with Crippen molar-refractivity contribution in [3.63, 3.8) is 0 Å². The summed E-state index contributed by atoms with van der Waals surface area (Å²) in [7, 11) is 0. The number of carbonyl (C=O) groups excluding carboxylic acids is 1. The van der Waals surface area contributed by atoms with Gasteiger partial charge in [-0.1, -0.05) is 30.3 Å². The zero-order valence-electron chi connectivity index (χ0n) is 16.1. The maximum atomic E-state index is 12.8. The van der Waals surface area contributed by atoms with Crippen molar-refractivity contribution in [1.29, 1.82) is 0 Å². The number of nitrogens with one attached hydrogen (secondary N) is 2. The van der Waals surface area contributed by atoms with Gasteiger partial charge in [0.15, 0.2) is 0 Å². The molecule has 1 heterocycles. The van der Waals surface area contributed by atoms with Gasteiger partial charge in [-0.3, -0.25) is 4.79 Å². The Kier molecular flexibility index (Phi) is 6.07. The van der Waals surface area contributed by atoms with Crippen LogP contribution < -0.4 is 15.4 Å². The van der Waals surface area contributed by atoms with Gasteiger partial charge in [0.25, 0.3) is 5.91 Å². The molecule has 0 aromatic heterocycles. The zero-order valence-corrected chi connectivity index (χ0v) is 16.1. The van der Waals surface area contributed by atoms with Crippen molar-refractivity contribution < 1.29 is 14.3 Å². The summed E-state index contributed by atoms with van der Waals surface area (Å²) in [6, 6.07) is 24.6. The maximum Gasteiger partial charge on any atom is 0.257 e. The molecule has 3 aromatic rings. The van der Waals surface area contributed by atoms with E-state index < -0.39 is 0 Å². The van der Waals surface area contributed by atoms with Crippen molar-refractivity contribution in [2.45, 2.75) is 18.9 Å². The number of rotatable bonds is 7. The fourth-order valence-electron chi connectivity index (χ4n) is 3.26. The van der Waals surface area contributed by atoms with Crippen molar-refractivity contribution in [2.24, 2.45) is 0 Å². The molecular formula is C24H24N2O3. The Hall–Kier alpha value is -3.31. The highest BCUT2D eigenvalue weighted by atomic mass is 16.5. The molecule has 5 heteroatoms. The lowest BCUT2D eigenvalue weighted by molar-refractivity contribution is 0.0679. The van der Waals surface area contributed by atoms with Gasteiger partial charge >= 0.3 is 0 Å². The second-order valence-electron chi connectivity index (χ2n) is 6.96. The first kappa shape index (κ1) is 19.0. The lowest BCUT2D eigenvalue weighted by Crippen LogP contribution is -2.16. The Morgan fingerprint density at radius 1 is 0.931 bits per heavy atom. The highest BCUT2D eigenvalue weighted by Gasteiger charge is 2.16. The van der Waals surface area contributed by atoms with Crippen molar-refractivity contribution in [2.75, 3.05) is 23.8 Å². The third kappa shape index (κ3) is 5.15. The van der Waals surface area contributed by atoms with Crippen molar-refractivity contribution in [3.8, 4) is 5.75 Å². The Morgan fingerprint density at radius 2 is 1.69 bits per heavy atom. The van der Waals surface area contributed by atoms with Gasteiger partial charge in [0.05, 0.1) is 17.4 Å². The van der Waals surface area contributed by atoms with E-state index in [1.165, 1.54) is 0 Å². The number of carbonyl (C=O) groups is 1. The van der Waals surface area contributed by atoms with Gasteiger partial charge in [0.2, 0.25) is 0 Å². The fourth-order valence-corrected chi connectivity index (χ4v) is 3.26. The van der Waals surface area contributed by atoms with Crippen LogP contribution in [0, 0.1) is 0 Å². The van der Waals surface area contributed by atoms with E-state index in [-0.39, 0.29) is 12.0 Å². The quantitative estimate of drug-likeness (QED) is 0.581. The van der Waals surface area contributed by atoms with Gasteiger partial charge in [-0.2, -0.15) is 0 Å². The lowest BCUT2D eigenvalue weighted by Gasteiger charge is -2.13. The van der Waals surface area contributed by atoms with Crippen LogP contribution >= 0.6 is 0 Å². The largest absolute Gasteiger partial charge is 0.491 e. The molecule has 148 valence electrons. The number of ether oxygens (including phenoxy) is 2. The standard InChI is InChI=1S/C24H24N2O3/c27-24(22-10-4-5-11-23(22)25-18-7-2-1-3-8-18)26-19-12-14-20(15-13-19)29-17-21-9-6-16-28-21/h1-5,7-8,10-15,21,25H,6,9,16-17H2,(H,26,27). The Labute approximate surface area is 170 Å². The number of anilines is 3. The van der Waals surface area contributed by atoms with Crippen LogP contribution in [0.4, 0.5) is 17.1 Å². The van der Waals surface area contributed by atoms with Gasteiger partial charge in [-0.05, 0) is 61.4 Å². The molecule has 1 amide bonds. The molecule has 1 unspecified atom stereocenters. The van der Waals surface area contributed by atoms with Gasteiger partial charge < -0.3 is 20.1 Å². The second kappa shape index (κ2) is 9.26. The highest BCUT2D eigenvalue weighted by Crippen LogP contribution is 2.23. The minimum atomic E-state index is -0.169. The number of para-hydroxylation sites is 2. The van der Waals surface area contributed by atoms with Gasteiger partial charge in [0.1, 0.15) is 12.4 Å². The van der Waals surface area contributed by atoms with E-state index in [1.54, 1.807) is 6.07 Å². The average molecular weight is 388 g/mol. The van der Waals surface area contributed by atoms with Crippen LogP contribution in [0.1, 0.15) is 23.2 Å². The van der Waals surface area contributed by atoms with Crippen LogP contribution in [0.3, 0.4) is 0 Å². The second-order valence-corrected chi connectivity index (χ2v) is 6.96. The molecule has 0 bridgehead atoms. The summed E-state index contributed by atoms with van der Waals surface area (Å²) in [4.78, 5) is 12.8. The number of hydrogen-bond donors (Lipinski definition) is 2. The molecular weight excluding hydrogens is 364 g/mol. The first-order valence-corrected chi connectivity index (χ1v) is 9.85. The normalized spacial score (nSPS) is 15.7. The molecule has 0 saturated carbocycles. The minimum absolute atomic E-state index is 0.169. The molecule has 1 fully saturated rings. The zero-order chi connectivity index (χ0) is 19.9. The lowest BCUT2D eigenvalue weighted by atomic mass is 10.1. The van der Waals surface area contributed by atoms with Crippen LogP contribution in [0.15, 0.2) is 78.9 Å². The van der Waals surface area contributed by atoms with E-state index >= 15 is 0 Å². The Bertz CT molecular complexity index is 936. The van der Waals surface area contributed by atoms with E-state index in [0.717, 1.165) is 36.6 Å². The summed E-state index contributed by atoms with van der Waals surface area (Å²) in [6.07, 6.45) is 2.33. The van der Waals surface area contributed by atoms with Crippen LogP contribution in [0.5, 0.6) is 5.75 Å². The molecule has 1 aliphatic heterocycles. The smallest absolute Gasteiger partial charge is 0.257 e. The van der Waals surface area contributed by atoms with E-state index in [4.69, 9.17) is 9.47 Å². The van der Waals surface area contributed by atoms with Crippen LogP contribution in [-0.2, 0) is 4.74 Å². The van der Waals surface area contributed by atoms with Crippen LogP contribution in [0.25, 0.3) is 0 Å². The molecule has 0 radical (unpaired) electrons. The topological polar surface area (TPSA) is 59.6 Å². The van der Waals surface area contributed by atoms with Gasteiger partial charge in [-0.15, -0.1) is 0 Å². The van der Waals surface area contributed by atoms with Gasteiger partial charge in [0, 0.05) is 18.0 Å². The Morgan fingerprint density at radius 3 is 2.45 bits per heavy atom. The molecule has 1 aliphatic rings. The van der Waals surface area contributed by atoms with E-state index in [2.05, 4.69) is 10.6 Å². The first-order valence-electron chi connectivity index (χ1n) is 9.85.